The number of nitrogens with one attached hydrogen (secondary N) is 1. The van der Waals surface area contributed by atoms with Crippen LogP contribution in [0, 0.1) is 0 Å². The van der Waals surface area contributed by atoms with Gasteiger partial charge >= 0.3 is 6.03 Å². The molecule has 72 valence electrons. The lowest BCUT2D eigenvalue weighted by Crippen LogP contribution is -2.28. The zero-order chi connectivity index (χ0) is 10.1. The van der Waals surface area contributed by atoms with Gasteiger partial charge in [0.05, 0.1) is 0 Å². The van der Waals surface area contributed by atoms with Crippen LogP contribution in [0.2, 0.25) is 5.02 Å². The Morgan fingerprint density at radius 1 is 1.46 bits per heavy atom. The summed E-state index contributed by atoms with van der Waals surface area (Å²) >= 11 is 5.54. The Bertz CT molecular complexity index is 239. The van der Waals surface area contributed by atoms with E-state index in [1.165, 1.54) is 0 Å². The molecule has 0 aliphatic rings. The first-order valence-corrected chi connectivity index (χ1v) is 4.28. The van der Waals surface area contributed by atoms with Crippen molar-refractivity contribution in [1.82, 2.24) is 5.32 Å². The van der Waals surface area contributed by atoms with E-state index in [4.69, 9.17) is 11.6 Å². The monoisotopic (exact) mass is 200 g/mol. The average molecular weight is 201 g/mol. The van der Waals surface area contributed by atoms with Crippen molar-refractivity contribution < 1.29 is 4.79 Å². The summed E-state index contributed by atoms with van der Waals surface area (Å²) in [4.78, 5) is 9.71. The number of nitrogens with two attached hydrogens (primary N) is 1. The summed E-state index contributed by atoms with van der Waals surface area (Å²) in [5.41, 5.74) is 4.65. The summed E-state index contributed by atoms with van der Waals surface area (Å²) in [6.45, 7) is 2.42. The van der Waals surface area contributed by atoms with Crippen LogP contribution in [0.3, 0.4) is 0 Å². The summed E-state index contributed by atoms with van der Waals surface area (Å²) in [6, 6.07) is 8.98. The van der Waals surface area contributed by atoms with Gasteiger partial charge in [0.1, 0.15) is 0 Å². The van der Waals surface area contributed by atoms with Gasteiger partial charge < -0.3 is 11.1 Å². The highest BCUT2D eigenvalue weighted by molar-refractivity contribution is 6.30. The second kappa shape index (κ2) is 7.43. The van der Waals surface area contributed by atoms with E-state index < -0.39 is 6.03 Å². The van der Waals surface area contributed by atoms with Crippen molar-refractivity contribution >= 4 is 17.6 Å². The van der Waals surface area contributed by atoms with Crippen molar-refractivity contribution in [1.29, 1.82) is 0 Å². The second-order valence-electron chi connectivity index (χ2n) is 2.19. The number of amides is 2. The molecule has 0 spiro atoms. The fraction of sp³-hybridized carbons (Fsp3) is 0.222. The maximum atomic E-state index is 9.71. The molecule has 0 saturated heterocycles. The fourth-order valence-corrected chi connectivity index (χ4v) is 0.734. The van der Waals surface area contributed by atoms with Crippen molar-refractivity contribution in [3.8, 4) is 0 Å². The van der Waals surface area contributed by atoms with Crippen LogP contribution in [0.1, 0.15) is 6.92 Å². The van der Waals surface area contributed by atoms with Crippen LogP contribution < -0.4 is 11.1 Å². The summed E-state index contributed by atoms with van der Waals surface area (Å²) in [5.74, 6) is 0. The van der Waals surface area contributed by atoms with Crippen LogP contribution in [0.5, 0.6) is 0 Å². The van der Waals surface area contributed by atoms with Gasteiger partial charge in [0, 0.05) is 11.6 Å². The van der Waals surface area contributed by atoms with Gasteiger partial charge in [0.2, 0.25) is 0 Å². The lowest BCUT2D eigenvalue weighted by Gasteiger charge is -1.88. The molecule has 0 bridgehead atoms. The molecule has 0 aromatic heterocycles. The predicted molar refractivity (Wildman–Crippen MR) is 54.7 cm³/mol. The van der Waals surface area contributed by atoms with Gasteiger partial charge in [-0.25, -0.2) is 4.79 Å². The smallest absolute Gasteiger partial charge is 0.312 e. The number of urea groups is 1. The normalized spacial score (nSPS) is 8.15. The highest BCUT2D eigenvalue weighted by Gasteiger charge is 1.79. The quantitative estimate of drug-likeness (QED) is 0.716. The third-order valence-electron chi connectivity index (χ3n) is 1.08. The third-order valence-corrected chi connectivity index (χ3v) is 1.34. The molecule has 2 amide bonds. The van der Waals surface area contributed by atoms with Crippen LogP contribution in [0.25, 0.3) is 0 Å². The Morgan fingerprint density at radius 2 is 2.00 bits per heavy atom. The standard InChI is InChI=1S/C6H5Cl.C3H8N2O/c7-6-4-2-1-3-5-6;1-2-5-3(4)6/h1-5H;2H2,1H3,(H3,4,5,6). The molecule has 4 heteroatoms. The Balaban J connectivity index is 0.000000226. The van der Waals surface area contributed by atoms with Gasteiger partial charge in [-0.15, -0.1) is 0 Å². The number of carbonyl (C=O) groups is 1. The minimum atomic E-state index is -0.461. The summed E-state index contributed by atoms with van der Waals surface area (Å²) in [5, 5.41) is 3.14. The molecular formula is C9H13ClN2O. The van der Waals surface area contributed by atoms with E-state index in [9.17, 15) is 4.79 Å². The van der Waals surface area contributed by atoms with Gasteiger partial charge in [-0.3, -0.25) is 0 Å². The highest BCUT2D eigenvalue weighted by atomic mass is 35.5. The number of halogens is 1. The number of rotatable bonds is 1. The molecule has 0 radical (unpaired) electrons. The third kappa shape index (κ3) is 8.69. The van der Waals surface area contributed by atoms with Crippen molar-refractivity contribution in [2.75, 3.05) is 6.54 Å². The van der Waals surface area contributed by atoms with E-state index >= 15 is 0 Å². The van der Waals surface area contributed by atoms with Crippen LogP contribution >= 0.6 is 11.6 Å². The lowest BCUT2D eigenvalue weighted by molar-refractivity contribution is 0.249. The Hall–Kier alpha value is -1.22. The molecular weight excluding hydrogens is 188 g/mol. The molecule has 0 atom stereocenters. The zero-order valence-electron chi connectivity index (χ0n) is 7.46. The first-order valence-electron chi connectivity index (χ1n) is 3.90. The van der Waals surface area contributed by atoms with Crippen molar-refractivity contribution in [2.45, 2.75) is 6.92 Å². The lowest BCUT2D eigenvalue weighted by atomic mass is 10.4. The van der Waals surface area contributed by atoms with E-state index in [-0.39, 0.29) is 0 Å². The van der Waals surface area contributed by atoms with Crippen molar-refractivity contribution in [3.05, 3.63) is 35.4 Å². The molecule has 0 aliphatic carbocycles. The summed E-state index contributed by atoms with van der Waals surface area (Å²) < 4.78 is 0. The van der Waals surface area contributed by atoms with Gasteiger partial charge in [-0.2, -0.15) is 0 Å². The number of primary amides is 1. The molecule has 1 aromatic carbocycles. The first kappa shape index (κ1) is 11.8. The van der Waals surface area contributed by atoms with Crippen LogP contribution in [-0.4, -0.2) is 12.6 Å². The van der Waals surface area contributed by atoms with E-state index in [2.05, 4.69) is 11.1 Å². The predicted octanol–water partition coefficient (Wildman–Crippen LogP) is 2.01. The minimum Gasteiger partial charge on any atom is -0.352 e. The SMILES string of the molecule is CCNC(N)=O.Clc1ccccc1. The maximum absolute atomic E-state index is 9.71. The van der Waals surface area contributed by atoms with Crippen LogP contribution in [-0.2, 0) is 0 Å². The number of hydrogen-bond donors (Lipinski definition) is 2. The molecule has 0 fully saturated rings. The van der Waals surface area contributed by atoms with E-state index in [0.29, 0.717) is 6.54 Å². The number of hydrogen-bond acceptors (Lipinski definition) is 1. The van der Waals surface area contributed by atoms with Crippen molar-refractivity contribution in [3.63, 3.8) is 0 Å². The first-order chi connectivity index (χ1) is 6.16. The second-order valence-corrected chi connectivity index (χ2v) is 2.63. The Labute approximate surface area is 82.9 Å². The molecule has 0 heterocycles. The fourth-order valence-electron chi connectivity index (χ4n) is 0.589. The topological polar surface area (TPSA) is 55.1 Å². The van der Waals surface area contributed by atoms with E-state index in [0.717, 1.165) is 5.02 Å². The Kier molecular flexibility index (Phi) is 6.73. The van der Waals surface area contributed by atoms with E-state index in [1.807, 2.05) is 37.3 Å². The van der Waals surface area contributed by atoms with Gasteiger partial charge in [0.15, 0.2) is 0 Å². The molecule has 1 aromatic rings. The van der Waals surface area contributed by atoms with Crippen LogP contribution in [0.15, 0.2) is 30.3 Å². The van der Waals surface area contributed by atoms with E-state index in [1.54, 1.807) is 0 Å². The van der Waals surface area contributed by atoms with Gasteiger partial charge in [-0.1, -0.05) is 29.8 Å². The van der Waals surface area contributed by atoms with Gasteiger partial charge in [-0.05, 0) is 19.1 Å². The van der Waals surface area contributed by atoms with Crippen molar-refractivity contribution in [2.24, 2.45) is 5.73 Å². The molecule has 13 heavy (non-hydrogen) atoms. The summed E-state index contributed by atoms with van der Waals surface area (Å²) in [6.07, 6.45) is 0. The number of carbonyl (C=O) groups excluding carboxylic acids is 1. The molecule has 0 unspecified atom stereocenters. The molecule has 1 rings (SSSR count). The largest absolute Gasteiger partial charge is 0.352 e. The molecule has 3 N–H and O–H groups in total. The number of benzene rings is 1. The minimum absolute atomic E-state index is 0.461. The molecule has 0 aliphatic heterocycles. The maximum Gasteiger partial charge on any atom is 0.312 e. The molecule has 3 nitrogen and oxygen atoms in total. The van der Waals surface area contributed by atoms with Gasteiger partial charge in [0.25, 0.3) is 0 Å². The Morgan fingerprint density at radius 3 is 2.15 bits per heavy atom. The van der Waals surface area contributed by atoms with Crippen LogP contribution in [0.4, 0.5) is 4.79 Å². The molecule has 0 saturated carbocycles. The highest BCUT2D eigenvalue weighted by Crippen LogP contribution is 2.03. The summed E-state index contributed by atoms with van der Waals surface area (Å²) in [7, 11) is 0. The zero-order valence-corrected chi connectivity index (χ0v) is 8.21. The average Bonchev–Trinajstić information content (AvgIpc) is 2.06.